The molecule has 0 saturated heterocycles. The minimum Gasteiger partial charge on any atom is -0.326 e. The van der Waals surface area contributed by atoms with Gasteiger partial charge in [0.05, 0.1) is 11.3 Å². The maximum atomic E-state index is 12.5. The van der Waals surface area contributed by atoms with Crippen molar-refractivity contribution in [2.45, 2.75) is 18.4 Å². The van der Waals surface area contributed by atoms with E-state index in [2.05, 4.69) is 11.4 Å². The number of carbonyl (C=O) groups is 1. The van der Waals surface area contributed by atoms with Crippen LogP contribution in [0.4, 0.5) is 5.69 Å². The van der Waals surface area contributed by atoms with E-state index in [-0.39, 0.29) is 12.3 Å². The van der Waals surface area contributed by atoms with E-state index in [0.717, 1.165) is 27.9 Å². The third-order valence-corrected chi connectivity index (χ3v) is 6.66. The van der Waals surface area contributed by atoms with Crippen LogP contribution in [0.3, 0.4) is 0 Å². The van der Waals surface area contributed by atoms with Gasteiger partial charge in [-0.2, -0.15) is 5.26 Å². The second-order valence-corrected chi connectivity index (χ2v) is 9.18. The zero-order valence-corrected chi connectivity index (χ0v) is 20.2. The molecule has 1 heterocycles. The number of nitrogens with one attached hydrogen (secondary N) is 1. The number of nitrogens with zero attached hydrogens (tertiary/aromatic N) is 2. The van der Waals surface area contributed by atoms with E-state index in [1.807, 2.05) is 85.8 Å². The Bertz CT molecular complexity index is 1350. The standard InChI is InChI=1S/C28H22ClN3OS/c1-19-12-13-22(16-25(19)29)31-27(33)14-15-34-28-24(18-30)23(20-8-4-2-5-9-20)17-26(32-28)21-10-6-3-7-11-21/h2-13,16-17H,14-15H2,1H3,(H,31,33). The number of hydrogen-bond acceptors (Lipinski definition) is 4. The minimum absolute atomic E-state index is 0.117. The van der Waals surface area contributed by atoms with Crippen LogP contribution < -0.4 is 5.32 Å². The van der Waals surface area contributed by atoms with Crippen LogP contribution in [-0.4, -0.2) is 16.6 Å². The number of thioether (sulfide) groups is 1. The van der Waals surface area contributed by atoms with E-state index in [4.69, 9.17) is 16.6 Å². The molecule has 0 radical (unpaired) electrons. The third-order valence-electron chi connectivity index (χ3n) is 5.28. The molecular formula is C28H22ClN3OS. The number of pyridine rings is 1. The Kier molecular flexibility index (Phi) is 7.64. The minimum atomic E-state index is -0.117. The van der Waals surface area contributed by atoms with Gasteiger partial charge in [-0.3, -0.25) is 4.79 Å². The third kappa shape index (κ3) is 5.66. The van der Waals surface area contributed by atoms with Crippen LogP contribution in [0, 0.1) is 18.3 Å². The number of hydrogen-bond donors (Lipinski definition) is 1. The lowest BCUT2D eigenvalue weighted by Gasteiger charge is -2.13. The lowest BCUT2D eigenvalue weighted by molar-refractivity contribution is -0.115. The van der Waals surface area contributed by atoms with Crippen molar-refractivity contribution >= 4 is 35.0 Å². The fourth-order valence-corrected chi connectivity index (χ4v) is 4.60. The van der Waals surface area contributed by atoms with E-state index in [1.165, 1.54) is 11.8 Å². The highest BCUT2D eigenvalue weighted by molar-refractivity contribution is 7.99. The number of amides is 1. The zero-order valence-electron chi connectivity index (χ0n) is 18.6. The molecule has 168 valence electrons. The van der Waals surface area contributed by atoms with Gasteiger partial charge < -0.3 is 5.32 Å². The summed E-state index contributed by atoms with van der Waals surface area (Å²) < 4.78 is 0. The van der Waals surface area contributed by atoms with Crippen molar-refractivity contribution in [1.29, 1.82) is 5.26 Å². The van der Waals surface area contributed by atoms with E-state index in [9.17, 15) is 10.1 Å². The molecule has 0 bridgehead atoms. The van der Waals surface area contributed by atoms with E-state index in [1.54, 1.807) is 6.07 Å². The van der Waals surface area contributed by atoms with Gasteiger partial charge in [0, 0.05) is 34.0 Å². The Labute approximate surface area is 208 Å². The first-order valence-electron chi connectivity index (χ1n) is 10.8. The van der Waals surface area contributed by atoms with Crippen molar-refractivity contribution in [2.24, 2.45) is 0 Å². The number of benzene rings is 3. The van der Waals surface area contributed by atoms with Crippen molar-refractivity contribution in [2.75, 3.05) is 11.1 Å². The SMILES string of the molecule is Cc1ccc(NC(=O)CCSc2nc(-c3ccccc3)cc(-c3ccccc3)c2C#N)cc1Cl. The molecule has 34 heavy (non-hydrogen) atoms. The van der Waals surface area contributed by atoms with Gasteiger partial charge in [-0.1, -0.05) is 78.3 Å². The van der Waals surface area contributed by atoms with Crippen molar-refractivity contribution in [3.8, 4) is 28.5 Å². The maximum absolute atomic E-state index is 12.5. The Balaban J connectivity index is 1.57. The summed E-state index contributed by atoms with van der Waals surface area (Å²) in [6.07, 6.45) is 0.277. The molecule has 0 saturated carbocycles. The lowest BCUT2D eigenvalue weighted by atomic mass is 9.99. The summed E-state index contributed by atoms with van der Waals surface area (Å²) in [7, 11) is 0. The Morgan fingerprint density at radius 2 is 1.68 bits per heavy atom. The molecule has 4 rings (SSSR count). The number of nitriles is 1. The summed E-state index contributed by atoms with van der Waals surface area (Å²) in [5, 5.41) is 14.1. The number of rotatable bonds is 7. The molecule has 1 aromatic heterocycles. The highest BCUT2D eigenvalue weighted by atomic mass is 35.5. The van der Waals surface area contributed by atoms with Crippen molar-refractivity contribution in [1.82, 2.24) is 4.98 Å². The molecule has 3 aromatic carbocycles. The molecule has 0 atom stereocenters. The molecule has 0 aliphatic carbocycles. The summed E-state index contributed by atoms with van der Waals surface area (Å²) in [6, 6.07) is 29.4. The molecule has 0 fully saturated rings. The van der Waals surface area contributed by atoms with Crippen LogP contribution in [-0.2, 0) is 4.79 Å². The van der Waals surface area contributed by atoms with Gasteiger partial charge in [0.2, 0.25) is 5.91 Å². The van der Waals surface area contributed by atoms with Crippen LogP contribution in [0.1, 0.15) is 17.5 Å². The first-order valence-corrected chi connectivity index (χ1v) is 12.2. The van der Waals surface area contributed by atoms with E-state index in [0.29, 0.717) is 27.1 Å². The summed E-state index contributed by atoms with van der Waals surface area (Å²) in [5.74, 6) is 0.368. The fourth-order valence-electron chi connectivity index (χ4n) is 3.47. The first kappa shape index (κ1) is 23.6. The van der Waals surface area contributed by atoms with Crippen LogP contribution in [0.5, 0.6) is 0 Å². The van der Waals surface area contributed by atoms with Gasteiger partial charge in [-0.15, -0.1) is 11.8 Å². The predicted octanol–water partition coefficient (Wildman–Crippen LogP) is 7.37. The average Bonchev–Trinajstić information content (AvgIpc) is 2.87. The highest BCUT2D eigenvalue weighted by Crippen LogP contribution is 2.34. The van der Waals surface area contributed by atoms with Gasteiger partial charge in [-0.25, -0.2) is 4.98 Å². The monoisotopic (exact) mass is 483 g/mol. The largest absolute Gasteiger partial charge is 0.326 e. The van der Waals surface area contributed by atoms with Crippen LogP contribution in [0.2, 0.25) is 5.02 Å². The van der Waals surface area contributed by atoms with Crippen LogP contribution in [0.15, 0.2) is 90.0 Å². The highest BCUT2D eigenvalue weighted by Gasteiger charge is 2.16. The van der Waals surface area contributed by atoms with Crippen LogP contribution >= 0.6 is 23.4 Å². The smallest absolute Gasteiger partial charge is 0.225 e. The Hall–Kier alpha value is -3.59. The normalized spacial score (nSPS) is 10.5. The summed E-state index contributed by atoms with van der Waals surface area (Å²) >= 11 is 7.56. The molecule has 6 heteroatoms. The first-order chi connectivity index (χ1) is 16.5. The molecule has 4 aromatic rings. The molecule has 1 amide bonds. The molecule has 0 aliphatic rings. The molecule has 0 aliphatic heterocycles. The van der Waals surface area contributed by atoms with Gasteiger partial charge >= 0.3 is 0 Å². The zero-order chi connectivity index (χ0) is 23.9. The summed E-state index contributed by atoms with van der Waals surface area (Å²) in [4.78, 5) is 17.3. The van der Waals surface area contributed by atoms with Gasteiger partial charge in [0.15, 0.2) is 0 Å². The number of aromatic nitrogens is 1. The van der Waals surface area contributed by atoms with Crippen molar-refractivity contribution < 1.29 is 4.79 Å². The molecule has 0 unspecified atom stereocenters. The van der Waals surface area contributed by atoms with Crippen LogP contribution in [0.25, 0.3) is 22.4 Å². The quantitative estimate of drug-likeness (QED) is 0.279. The molecule has 0 spiro atoms. The Morgan fingerprint density at radius 1 is 1.00 bits per heavy atom. The summed E-state index contributed by atoms with van der Waals surface area (Å²) in [6.45, 7) is 1.91. The van der Waals surface area contributed by atoms with Crippen molar-refractivity contribution in [3.05, 3.63) is 101 Å². The van der Waals surface area contributed by atoms with Crippen molar-refractivity contribution in [3.63, 3.8) is 0 Å². The maximum Gasteiger partial charge on any atom is 0.225 e. The summed E-state index contributed by atoms with van der Waals surface area (Å²) in [5.41, 5.74) is 5.69. The number of aryl methyl sites for hydroxylation is 1. The average molecular weight is 484 g/mol. The molecule has 4 nitrogen and oxygen atoms in total. The Morgan fingerprint density at radius 3 is 2.32 bits per heavy atom. The topological polar surface area (TPSA) is 65.8 Å². The van der Waals surface area contributed by atoms with E-state index >= 15 is 0 Å². The lowest BCUT2D eigenvalue weighted by Crippen LogP contribution is -2.12. The number of carbonyl (C=O) groups excluding carboxylic acids is 1. The van der Waals surface area contributed by atoms with E-state index < -0.39 is 0 Å². The van der Waals surface area contributed by atoms with Gasteiger partial charge in [-0.05, 0) is 36.2 Å². The van der Waals surface area contributed by atoms with Gasteiger partial charge in [0.25, 0.3) is 0 Å². The fraction of sp³-hybridized carbons (Fsp3) is 0.107. The molecular weight excluding hydrogens is 462 g/mol. The molecule has 1 N–H and O–H groups in total. The second-order valence-electron chi connectivity index (χ2n) is 7.69. The predicted molar refractivity (Wildman–Crippen MR) is 140 cm³/mol. The van der Waals surface area contributed by atoms with Gasteiger partial charge in [0.1, 0.15) is 11.1 Å². The second kappa shape index (κ2) is 11.0. The number of anilines is 1. The number of halogens is 1.